The lowest BCUT2D eigenvalue weighted by molar-refractivity contribution is 0.103. The standard InChI is InChI=1S/C21H22Cl2NO6PS/c1-4-29-31(26,30-5-2)21(24-32(27,28)15-12-10-14(3)11-13-15)17-9-7-6-8-16(17)19(25)18(22)20(21)23/h6-13,24H,4-5H2,1-3H3. The van der Waals surface area contributed by atoms with E-state index in [1.807, 2.05) is 6.92 Å². The van der Waals surface area contributed by atoms with Crippen LogP contribution in [0.25, 0.3) is 0 Å². The van der Waals surface area contributed by atoms with Crippen molar-refractivity contribution in [2.24, 2.45) is 0 Å². The number of hydrogen-bond donors (Lipinski definition) is 1. The van der Waals surface area contributed by atoms with Crippen molar-refractivity contribution in [2.45, 2.75) is 30.9 Å². The molecule has 1 aliphatic carbocycles. The summed E-state index contributed by atoms with van der Waals surface area (Å²) in [4.78, 5) is 12.7. The lowest BCUT2D eigenvalue weighted by Crippen LogP contribution is -2.49. The van der Waals surface area contributed by atoms with Gasteiger partial charge in [0.2, 0.25) is 15.8 Å². The van der Waals surface area contributed by atoms with Crippen LogP contribution in [-0.4, -0.2) is 27.4 Å². The molecule has 32 heavy (non-hydrogen) atoms. The monoisotopic (exact) mass is 517 g/mol. The number of sulfonamides is 1. The van der Waals surface area contributed by atoms with Crippen molar-refractivity contribution < 1.29 is 26.8 Å². The number of aryl methyl sites for hydroxylation is 1. The Balaban J connectivity index is 2.39. The van der Waals surface area contributed by atoms with Crippen molar-refractivity contribution >= 4 is 46.6 Å². The molecule has 0 aliphatic heterocycles. The highest BCUT2D eigenvalue weighted by Gasteiger charge is 2.61. The van der Waals surface area contributed by atoms with E-state index in [4.69, 9.17) is 32.2 Å². The molecule has 2 aromatic rings. The van der Waals surface area contributed by atoms with Crippen LogP contribution < -0.4 is 4.72 Å². The molecule has 3 rings (SSSR count). The Kier molecular flexibility index (Phi) is 7.37. The summed E-state index contributed by atoms with van der Waals surface area (Å²) in [5.74, 6) is -0.628. The number of nitrogens with one attached hydrogen (secondary N) is 1. The number of hydrogen-bond acceptors (Lipinski definition) is 6. The summed E-state index contributed by atoms with van der Waals surface area (Å²) < 4.78 is 54.7. The van der Waals surface area contributed by atoms with Gasteiger partial charge in [-0.05, 0) is 32.9 Å². The number of halogens is 2. The first-order valence-corrected chi connectivity index (χ1v) is 13.5. The van der Waals surface area contributed by atoms with Gasteiger partial charge in [0.05, 0.1) is 23.1 Å². The number of allylic oxidation sites excluding steroid dienone is 1. The maximum atomic E-state index is 14.2. The van der Waals surface area contributed by atoms with Crippen LogP contribution in [0, 0.1) is 6.92 Å². The minimum atomic E-state index is -4.42. The Hall–Kier alpha value is -1.51. The molecule has 0 bridgehead atoms. The fourth-order valence-electron chi connectivity index (χ4n) is 3.46. The SMILES string of the molecule is CCOP(=O)(OCC)C1(NS(=O)(=O)c2ccc(C)cc2)C(Cl)=C(Cl)C(=O)c2ccccc21. The molecular weight excluding hydrogens is 496 g/mol. The van der Waals surface area contributed by atoms with Crippen molar-refractivity contribution in [3.63, 3.8) is 0 Å². The first kappa shape index (κ1) is 25.1. The number of ketones is 1. The van der Waals surface area contributed by atoms with Gasteiger partial charge in [0.1, 0.15) is 5.03 Å². The lowest BCUT2D eigenvalue weighted by Gasteiger charge is -2.42. The normalized spacial score (nSPS) is 19.2. The van der Waals surface area contributed by atoms with E-state index in [2.05, 4.69) is 4.72 Å². The number of fused-ring (bicyclic) bond motifs is 1. The van der Waals surface area contributed by atoms with Gasteiger partial charge in [0, 0.05) is 11.1 Å². The van der Waals surface area contributed by atoms with Gasteiger partial charge in [0.25, 0.3) is 0 Å². The Morgan fingerprint density at radius 1 is 1.00 bits per heavy atom. The average Bonchev–Trinajstić information content (AvgIpc) is 2.76. The number of carbonyl (C=O) groups is 1. The fourth-order valence-corrected chi connectivity index (χ4v) is 8.37. The van der Waals surface area contributed by atoms with E-state index in [9.17, 15) is 17.8 Å². The molecule has 172 valence electrons. The molecular formula is C21H22Cl2NO6PS. The van der Waals surface area contributed by atoms with Gasteiger partial charge in [0.15, 0.2) is 5.28 Å². The van der Waals surface area contributed by atoms with Crippen LogP contribution in [0.4, 0.5) is 0 Å². The molecule has 0 amide bonds. The third kappa shape index (κ3) is 4.10. The minimum Gasteiger partial charge on any atom is -0.307 e. The zero-order valence-corrected chi connectivity index (χ0v) is 20.8. The fraction of sp³-hybridized carbons (Fsp3) is 0.286. The van der Waals surface area contributed by atoms with Crippen molar-refractivity contribution in [1.29, 1.82) is 0 Å². The highest BCUT2D eigenvalue weighted by atomic mass is 35.5. The molecule has 0 aromatic heterocycles. The summed E-state index contributed by atoms with van der Waals surface area (Å²) in [6.07, 6.45) is 0. The maximum absolute atomic E-state index is 14.2. The van der Waals surface area contributed by atoms with Gasteiger partial charge < -0.3 is 9.05 Å². The molecule has 0 fully saturated rings. The highest BCUT2D eigenvalue weighted by Crippen LogP contribution is 2.69. The highest BCUT2D eigenvalue weighted by molar-refractivity contribution is 7.90. The minimum absolute atomic E-state index is 0.0281. The van der Waals surface area contributed by atoms with E-state index in [1.165, 1.54) is 24.3 Å². The zero-order chi connectivity index (χ0) is 23.7. The predicted molar refractivity (Wildman–Crippen MR) is 124 cm³/mol. The zero-order valence-electron chi connectivity index (χ0n) is 17.6. The van der Waals surface area contributed by atoms with Crippen molar-refractivity contribution in [3.05, 3.63) is 75.3 Å². The van der Waals surface area contributed by atoms with Crippen molar-refractivity contribution in [1.82, 2.24) is 4.72 Å². The molecule has 0 saturated carbocycles. The molecule has 0 heterocycles. The molecule has 7 nitrogen and oxygen atoms in total. The quantitative estimate of drug-likeness (QED) is 0.478. The Bertz CT molecular complexity index is 1220. The summed E-state index contributed by atoms with van der Waals surface area (Å²) in [7, 11) is -8.76. The summed E-state index contributed by atoms with van der Waals surface area (Å²) in [5, 5.41) is -3.23. The van der Waals surface area contributed by atoms with Crippen LogP contribution in [0.2, 0.25) is 0 Å². The summed E-state index contributed by atoms with van der Waals surface area (Å²) in [6, 6.07) is 12.1. The topological polar surface area (TPSA) is 98.8 Å². The van der Waals surface area contributed by atoms with E-state index in [-0.39, 0.29) is 29.2 Å². The molecule has 0 saturated heterocycles. The van der Waals surface area contributed by atoms with E-state index in [0.29, 0.717) is 0 Å². The lowest BCUT2D eigenvalue weighted by atomic mass is 9.91. The third-order valence-corrected chi connectivity index (χ3v) is 10.2. The van der Waals surface area contributed by atoms with Crippen LogP contribution in [0.5, 0.6) is 0 Å². The van der Waals surface area contributed by atoms with E-state index in [1.54, 1.807) is 38.1 Å². The third-order valence-electron chi connectivity index (χ3n) is 4.89. The smallest absolute Gasteiger partial charge is 0.307 e. The Morgan fingerprint density at radius 2 is 1.56 bits per heavy atom. The van der Waals surface area contributed by atoms with Gasteiger partial charge >= 0.3 is 7.60 Å². The van der Waals surface area contributed by atoms with E-state index >= 15 is 0 Å². The molecule has 1 atom stereocenters. The predicted octanol–water partition coefficient (Wildman–Crippen LogP) is 5.28. The van der Waals surface area contributed by atoms with Crippen molar-refractivity contribution in [2.75, 3.05) is 13.2 Å². The van der Waals surface area contributed by atoms with Crippen LogP contribution in [0.15, 0.2) is 63.5 Å². The number of carbonyl (C=O) groups excluding carboxylic acids is 1. The molecule has 0 radical (unpaired) electrons. The molecule has 11 heteroatoms. The summed E-state index contributed by atoms with van der Waals surface area (Å²) >= 11 is 12.8. The number of Topliss-reactive ketones (excluding diaryl/α,β-unsaturated/α-hetero) is 1. The largest absolute Gasteiger partial charge is 0.361 e. The summed E-state index contributed by atoms with van der Waals surface area (Å²) in [5.41, 5.74) is 0.913. The molecule has 0 spiro atoms. The summed E-state index contributed by atoms with van der Waals surface area (Å²) in [6.45, 7) is 4.80. The van der Waals surface area contributed by atoms with Gasteiger partial charge in [-0.1, -0.05) is 65.2 Å². The second-order valence-electron chi connectivity index (χ2n) is 6.96. The first-order chi connectivity index (χ1) is 15.0. The van der Waals surface area contributed by atoms with Crippen LogP contribution in [0.3, 0.4) is 0 Å². The van der Waals surface area contributed by atoms with Crippen LogP contribution in [-0.2, 0) is 28.9 Å². The van der Waals surface area contributed by atoms with Gasteiger partial charge in [-0.25, -0.2) is 8.42 Å². The van der Waals surface area contributed by atoms with Crippen LogP contribution >= 0.6 is 30.8 Å². The van der Waals surface area contributed by atoms with E-state index in [0.717, 1.165) is 5.56 Å². The maximum Gasteiger partial charge on any atom is 0.361 e. The van der Waals surface area contributed by atoms with Gasteiger partial charge in [-0.3, -0.25) is 9.36 Å². The van der Waals surface area contributed by atoms with Crippen molar-refractivity contribution in [3.8, 4) is 0 Å². The Labute approximate surface area is 197 Å². The van der Waals surface area contributed by atoms with Crippen LogP contribution in [0.1, 0.15) is 35.3 Å². The van der Waals surface area contributed by atoms with E-state index < -0.39 is 38.7 Å². The molecule has 1 N–H and O–H groups in total. The second-order valence-corrected chi connectivity index (χ2v) is 11.6. The molecule has 1 unspecified atom stereocenters. The molecule has 2 aromatic carbocycles. The number of benzene rings is 2. The Morgan fingerprint density at radius 3 is 2.12 bits per heavy atom. The average molecular weight is 518 g/mol. The van der Waals surface area contributed by atoms with Gasteiger partial charge in [-0.2, -0.15) is 4.72 Å². The molecule has 1 aliphatic rings. The number of rotatable bonds is 8. The second kappa shape index (κ2) is 9.39. The first-order valence-electron chi connectivity index (χ1n) is 9.74. The van der Waals surface area contributed by atoms with Gasteiger partial charge in [-0.15, -0.1) is 0 Å².